The molecule has 1 aliphatic rings. The van der Waals surface area contributed by atoms with Gasteiger partial charge in [0.2, 0.25) is 0 Å². The van der Waals surface area contributed by atoms with Crippen molar-refractivity contribution in [1.82, 2.24) is 0 Å². The predicted octanol–water partition coefficient (Wildman–Crippen LogP) is 2.65. The quantitative estimate of drug-likeness (QED) is 0.716. The molecular formula is C10H21NS. The van der Waals surface area contributed by atoms with Gasteiger partial charge in [-0.25, -0.2) is 0 Å². The van der Waals surface area contributed by atoms with Crippen LogP contribution >= 0.6 is 11.8 Å². The Hall–Kier alpha value is 0.310. The van der Waals surface area contributed by atoms with Crippen molar-refractivity contribution in [2.24, 2.45) is 11.7 Å². The molecule has 0 bridgehead atoms. The highest BCUT2D eigenvalue weighted by Gasteiger charge is 2.42. The number of rotatable bonds is 5. The lowest BCUT2D eigenvalue weighted by Crippen LogP contribution is -2.47. The fourth-order valence-corrected chi connectivity index (χ4v) is 3.41. The Morgan fingerprint density at radius 2 is 2.08 bits per heavy atom. The molecule has 0 aromatic heterocycles. The third-order valence-corrected chi connectivity index (χ3v) is 4.61. The van der Waals surface area contributed by atoms with E-state index in [1.807, 2.05) is 0 Å². The normalized spacial score (nSPS) is 34.8. The monoisotopic (exact) mass is 187 g/mol. The summed E-state index contributed by atoms with van der Waals surface area (Å²) in [5.74, 6) is 2.26. The second kappa shape index (κ2) is 4.52. The molecule has 1 rings (SSSR count). The molecule has 1 aliphatic carbocycles. The highest BCUT2D eigenvalue weighted by molar-refractivity contribution is 8.00. The molecule has 0 amide bonds. The Morgan fingerprint density at radius 3 is 2.50 bits per heavy atom. The van der Waals surface area contributed by atoms with Crippen molar-refractivity contribution in [2.45, 2.75) is 44.3 Å². The highest BCUT2D eigenvalue weighted by Crippen LogP contribution is 2.48. The van der Waals surface area contributed by atoms with Gasteiger partial charge in [0.05, 0.1) is 0 Å². The average molecular weight is 187 g/mol. The van der Waals surface area contributed by atoms with Crippen LogP contribution in [0.4, 0.5) is 0 Å². The molecule has 0 aromatic rings. The predicted molar refractivity (Wildman–Crippen MR) is 57.5 cm³/mol. The van der Waals surface area contributed by atoms with Gasteiger partial charge in [-0.15, -0.1) is 0 Å². The molecule has 0 aromatic carbocycles. The van der Waals surface area contributed by atoms with E-state index in [1.165, 1.54) is 31.4 Å². The molecule has 1 nitrogen and oxygen atoms in total. The summed E-state index contributed by atoms with van der Waals surface area (Å²) >= 11 is 2.10. The Balaban J connectivity index is 2.26. The smallest absolute Gasteiger partial charge is 0.0287 e. The van der Waals surface area contributed by atoms with E-state index in [4.69, 9.17) is 5.73 Å². The van der Waals surface area contributed by atoms with E-state index >= 15 is 0 Å². The third kappa shape index (κ3) is 2.17. The molecule has 12 heavy (non-hydrogen) atoms. The Kier molecular flexibility index (Phi) is 3.91. The minimum atomic E-state index is 0.483. The van der Waals surface area contributed by atoms with Gasteiger partial charge in [0.1, 0.15) is 0 Å². The number of thioether (sulfide) groups is 1. The third-order valence-electron chi connectivity index (χ3n) is 2.88. The van der Waals surface area contributed by atoms with Gasteiger partial charge in [-0.05, 0) is 30.9 Å². The van der Waals surface area contributed by atoms with Crippen LogP contribution < -0.4 is 5.73 Å². The lowest BCUT2D eigenvalue weighted by Gasteiger charge is -2.46. The summed E-state index contributed by atoms with van der Waals surface area (Å²) < 4.78 is 0.483. The first-order valence-electron chi connectivity index (χ1n) is 5.10. The maximum absolute atomic E-state index is 5.81. The summed E-state index contributed by atoms with van der Waals surface area (Å²) in [6.45, 7) is 5.41. The van der Waals surface area contributed by atoms with E-state index < -0.39 is 0 Å². The molecule has 2 heteroatoms. The van der Waals surface area contributed by atoms with E-state index in [-0.39, 0.29) is 0 Å². The molecule has 2 N–H and O–H groups in total. The van der Waals surface area contributed by atoms with Crippen LogP contribution in [-0.2, 0) is 0 Å². The fraction of sp³-hybridized carbons (Fsp3) is 1.00. The summed E-state index contributed by atoms with van der Waals surface area (Å²) in [6.07, 6.45) is 5.35. The molecule has 0 unspecified atom stereocenters. The Bertz CT molecular complexity index is 124. The van der Waals surface area contributed by atoms with Gasteiger partial charge in [0.25, 0.3) is 0 Å². The fourth-order valence-electron chi connectivity index (χ4n) is 1.94. The van der Waals surface area contributed by atoms with E-state index in [9.17, 15) is 0 Å². The van der Waals surface area contributed by atoms with Gasteiger partial charge < -0.3 is 5.73 Å². The van der Waals surface area contributed by atoms with Gasteiger partial charge in [0.15, 0.2) is 0 Å². The van der Waals surface area contributed by atoms with Crippen molar-refractivity contribution in [3.8, 4) is 0 Å². The van der Waals surface area contributed by atoms with E-state index in [2.05, 4.69) is 25.6 Å². The topological polar surface area (TPSA) is 26.0 Å². The first kappa shape index (κ1) is 10.4. The van der Waals surface area contributed by atoms with Crippen LogP contribution in [0.2, 0.25) is 0 Å². The van der Waals surface area contributed by atoms with Gasteiger partial charge in [-0.2, -0.15) is 11.8 Å². The van der Waals surface area contributed by atoms with Crippen molar-refractivity contribution >= 4 is 11.8 Å². The molecule has 1 fully saturated rings. The van der Waals surface area contributed by atoms with Crippen molar-refractivity contribution in [2.75, 3.05) is 12.3 Å². The lowest BCUT2D eigenvalue weighted by atomic mass is 9.73. The zero-order valence-electron chi connectivity index (χ0n) is 8.31. The maximum atomic E-state index is 5.81. The molecule has 0 saturated heterocycles. The zero-order chi connectivity index (χ0) is 9.03. The van der Waals surface area contributed by atoms with E-state index in [0.717, 1.165) is 12.5 Å². The van der Waals surface area contributed by atoms with E-state index in [0.29, 0.717) is 4.75 Å². The van der Waals surface area contributed by atoms with Gasteiger partial charge in [-0.1, -0.05) is 20.3 Å². The van der Waals surface area contributed by atoms with Gasteiger partial charge >= 0.3 is 0 Å². The van der Waals surface area contributed by atoms with Crippen molar-refractivity contribution < 1.29 is 0 Å². The minimum Gasteiger partial charge on any atom is -0.329 e. The Morgan fingerprint density at radius 1 is 1.42 bits per heavy atom. The summed E-state index contributed by atoms with van der Waals surface area (Å²) in [7, 11) is 0. The number of hydrogen-bond donors (Lipinski definition) is 1. The first-order valence-corrected chi connectivity index (χ1v) is 6.09. The van der Waals surface area contributed by atoms with Gasteiger partial charge in [-0.3, -0.25) is 0 Å². The maximum Gasteiger partial charge on any atom is 0.0287 e. The van der Waals surface area contributed by atoms with Gasteiger partial charge in [0, 0.05) is 11.3 Å². The SMILES string of the molecule is CCCSC1(CN)CC(CC)C1. The standard InChI is InChI=1S/C10H21NS/c1-3-5-12-10(8-11)6-9(4-2)7-10/h9H,3-8,11H2,1-2H3. The minimum absolute atomic E-state index is 0.483. The van der Waals surface area contributed by atoms with Crippen molar-refractivity contribution in [1.29, 1.82) is 0 Å². The second-order valence-corrected chi connectivity index (χ2v) is 5.48. The van der Waals surface area contributed by atoms with Crippen LogP contribution in [0.15, 0.2) is 0 Å². The highest BCUT2D eigenvalue weighted by atomic mass is 32.2. The van der Waals surface area contributed by atoms with Crippen molar-refractivity contribution in [3.05, 3.63) is 0 Å². The molecule has 1 saturated carbocycles. The van der Waals surface area contributed by atoms with Crippen LogP contribution in [0, 0.1) is 5.92 Å². The van der Waals surface area contributed by atoms with Crippen LogP contribution in [0.25, 0.3) is 0 Å². The first-order chi connectivity index (χ1) is 5.76. The second-order valence-electron chi connectivity index (χ2n) is 3.92. The van der Waals surface area contributed by atoms with E-state index in [1.54, 1.807) is 0 Å². The summed E-state index contributed by atoms with van der Waals surface area (Å²) in [4.78, 5) is 0. The molecule has 72 valence electrons. The zero-order valence-corrected chi connectivity index (χ0v) is 9.12. The van der Waals surface area contributed by atoms with Crippen LogP contribution in [-0.4, -0.2) is 17.0 Å². The molecule has 0 aliphatic heterocycles. The largest absolute Gasteiger partial charge is 0.329 e. The van der Waals surface area contributed by atoms with Crippen LogP contribution in [0.5, 0.6) is 0 Å². The van der Waals surface area contributed by atoms with Crippen LogP contribution in [0.1, 0.15) is 39.5 Å². The average Bonchev–Trinajstić information content (AvgIpc) is 2.04. The summed E-state index contributed by atoms with van der Waals surface area (Å²) in [5.41, 5.74) is 5.81. The van der Waals surface area contributed by atoms with Crippen LogP contribution in [0.3, 0.4) is 0 Å². The summed E-state index contributed by atoms with van der Waals surface area (Å²) in [5, 5.41) is 0. The van der Waals surface area contributed by atoms with Crippen molar-refractivity contribution in [3.63, 3.8) is 0 Å². The molecular weight excluding hydrogens is 166 g/mol. The molecule has 0 spiro atoms. The molecule has 0 atom stereocenters. The number of hydrogen-bond acceptors (Lipinski definition) is 2. The lowest BCUT2D eigenvalue weighted by molar-refractivity contribution is 0.229. The Labute approximate surface area is 80.5 Å². The summed E-state index contributed by atoms with van der Waals surface area (Å²) in [6, 6.07) is 0. The molecule has 0 heterocycles. The number of nitrogens with two attached hydrogens (primary N) is 1. The molecule has 0 radical (unpaired) electrons.